The van der Waals surface area contributed by atoms with Gasteiger partial charge in [-0.3, -0.25) is 0 Å². The van der Waals surface area contributed by atoms with Gasteiger partial charge in [-0.2, -0.15) is 11.8 Å². The standard InChI is InChI=1S/C16H21N3S2/c1-2-13-11-19(8-9-20-13)16-18-15(14(10-17)21-16)12-6-4-3-5-7-12/h3-7,13H,2,8-11,17H2,1H3. The highest BCUT2D eigenvalue weighted by Gasteiger charge is 2.23. The van der Waals surface area contributed by atoms with E-state index in [1.54, 1.807) is 11.3 Å². The van der Waals surface area contributed by atoms with Crippen LogP contribution in [0.2, 0.25) is 0 Å². The van der Waals surface area contributed by atoms with Crippen LogP contribution in [-0.4, -0.2) is 29.1 Å². The van der Waals surface area contributed by atoms with E-state index in [0.717, 1.165) is 29.2 Å². The Hall–Kier alpha value is -1.04. The number of thiazole rings is 1. The Morgan fingerprint density at radius 3 is 2.86 bits per heavy atom. The minimum Gasteiger partial charge on any atom is -0.346 e. The van der Waals surface area contributed by atoms with Gasteiger partial charge in [-0.15, -0.1) is 0 Å². The lowest BCUT2D eigenvalue weighted by Gasteiger charge is -2.31. The number of hydrogen-bond acceptors (Lipinski definition) is 5. The third-order valence-corrected chi connectivity index (χ3v) is 6.29. The van der Waals surface area contributed by atoms with Crippen molar-refractivity contribution in [3.05, 3.63) is 35.2 Å². The van der Waals surface area contributed by atoms with Crippen molar-refractivity contribution in [2.24, 2.45) is 5.73 Å². The quantitative estimate of drug-likeness (QED) is 0.935. The second-order valence-corrected chi connectivity index (χ2v) is 7.66. The monoisotopic (exact) mass is 319 g/mol. The number of benzene rings is 1. The second-order valence-electron chi connectivity index (χ2n) is 5.19. The summed E-state index contributed by atoms with van der Waals surface area (Å²) >= 11 is 3.84. The molecular weight excluding hydrogens is 298 g/mol. The Morgan fingerprint density at radius 1 is 1.33 bits per heavy atom. The minimum absolute atomic E-state index is 0.557. The van der Waals surface area contributed by atoms with Gasteiger partial charge >= 0.3 is 0 Å². The van der Waals surface area contributed by atoms with Crippen LogP contribution in [0.4, 0.5) is 5.13 Å². The van der Waals surface area contributed by atoms with E-state index in [1.807, 2.05) is 6.07 Å². The van der Waals surface area contributed by atoms with Crippen molar-refractivity contribution in [2.45, 2.75) is 25.1 Å². The van der Waals surface area contributed by atoms with Crippen LogP contribution in [0.1, 0.15) is 18.2 Å². The largest absolute Gasteiger partial charge is 0.346 e. The van der Waals surface area contributed by atoms with Gasteiger partial charge in [0.05, 0.1) is 5.69 Å². The summed E-state index contributed by atoms with van der Waals surface area (Å²) in [5.74, 6) is 1.19. The zero-order chi connectivity index (χ0) is 14.7. The lowest BCUT2D eigenvalue weighted by atomic mass is 10.1. The average molecular weight is 319 g/mol. The number of thioether (sulfide) groups is 1. The summed E-state index contributed by atoms with van der Waals surface area (Å²) in [6.45, 7) is 5.02. The molecule has 0 spiro atoms. The SMILES string of the molecule is CCC1CN(c2nc(-c3ccccc3)c(CN)s2)CCS1. The van der Waals surface area contributed by atoms with Crippen LogP contribution in [0.25, 0.3) is 11.3 Å². The molecule has 0 saturated carbocycles. The Balaban J connectivity index is 1.89. The molecule has 0 amide bonds. The fourth-order valence-electron chi connectivity index (χ4n) is 2.57. The number of nitrogens with zero attached hydrogens (tertiary/aromatic N) is 2. The fourth-order valence-corrected chi connectivity index (χ4v) is 4.75. The normalized spacial score (nSPS) is 19.0. The summed E-state index contributed by atoms with van der Waals surface area (Å²) in [6, 6.07) is 10.4. The molecule has 1 aliphatic rings. The van der Waals surface area contributed by atoms with Crippen molar-refractivity contribution in [3.8, 4) is 11.3 Å². The average Bonchev–Trinajstić information content (AvgIpc) is 3.00. The van der Waals surface area contributed by atoms with E-state index in [0.29, 0.717) is 6.54 Å². The first kappa shape index (κ1) is 14.9. The van der Waals surface area contributed by atoms with E-state index in [-0.39, 0.29) is 0 Å². The molecule has 1 saturated heterocycles. The number of rotatable bonds is 4. The van der Waals surface area contributed by atoms with Crippen molar-refractivity contribution in [3.63, 3.8) is 0 Å². The molecule has 0 bridgehead atoms. The molecule has 0 radical (unpaired) electrons. The Bertz CT molecular complexity index is 582. The van der Waals surface area contributed by atoms with Gasteiger partial charge in [-0.25, -0.2) is 4.98 Å². The zero-order valence-electron chi connectivity index (χ0n) is 12.3. The van der Waals surface area contributed by atoms with E-state index in [4.69, 9.17) is 10.7 Å². The highest BCUT2D eigenvalue weighted by molar-refractivity contribution is 8.00. The lowest BCUT2D eigenvalue weighted by molar-refractivity contribution is 0.726. The van der Waals surface area contributed by atoms with E-state index in [2.05, 4.69) is 47.9 Å². The van der Waals surface area contributed by atoms with Crippen LogP contribution < -0.4 is 10.6 Å². The molecule has 112 valence electrons. The summed E-state index contributed by atoms with van der Waals surface area (Å²) in [5.41, 5.74) is 8.16. The molecule has 2 aromatic rings. The summed E-state index contributed by atoms with van der Waals surface area (Å²) < 4.78 is 0. The first-order valence-electron chi connectivity index (χ1n) is 7.43. The van der Waals surface area contributed by atoms with Gasteiger partial charge in [0.1, 0.15) is 0 Å². The molecule has 5 heteroatoms. The molecule has 21 heavy (non-hydrogen) atoms. The maximum atomic E-state index is 5.93. The Kier molecular flexibility index (Phi) is 4.83. The van der Waals surface area contributed by atoms with Gasteiger partial charge in [0.15, 0.2) is 5.13 Å². The molecule has 1 atom stereocenters. The van der Waals surface area contributed by atoms with Gasteiger partial charge in [-0.1, -0.05) is 48.6 Å². The predicted octanol–water partition coefficient (Wildman–Crippen LogP) is 3.60. The maximum absolute atomic E-state index is 5.93. The van der Waals surface area contributed by atoms with Crippen LogP contribution in [0.5, 0.6) is 0 Å². The summed E-state index contributed by atoms with van der Waals surface area (Å²) in [7, 11) is 0. The van der Waals surface area contributed by atoms with Crippen molar-refractivity contribution in [1.29, 1.82) is 0 Å². The Morgan fingerprint density at radius 2 is 2.14 bits per heavy atom. The first-order valence-corrected chi connectivity index (χ1v) is 9.30. The molecule has 1 aromatic carbocycles. The molecule has 1 aromatic heterocycles. The van der Waals surface area contributed by atoms with Crippen LogP contribution in [0.3, 0.4) is 0 Å². The maximum Gasteiger partial charge on any atom is 0.186 e. The van der Waals surface area contributed by atoms with Crippen LogP contribution in [0, 0.1) is 0 Å². The molecule has 2 N–H and O–H groups in total. The van der Waals surface area contributed by atoms with Gasteiger partial charge in [0.2, 0.25) is 0 Å². The molecule has 1 unspecified atom stereocenters. The first-order chi connectivity index (χ1) is 10.3. The van der Waals surface area contributed by atoms with Crippen LogP contribution >= 0.6 is 23.1 Å². The van der Waals surface area contributed by atoms with Crippen molar-refractivity contribution in [2.75, 3.05) is 23.7 Å². The third-order valence-electron chi connectivity index (χ3n) is 3.78. The minimum atomic E-state index is 0.557. The van der Waals surface area contributed by atoms with Gasteiger partial charge in [0.25, 0.3) is 0 Å². The molecule has 1 aliphatic heterocycles. The van der Waals surface area contributed by atoms with Gasteiger partial charge in [0, 0.05) is 41.1 Å². The van der Waals surface area contributed by atoms with Gasteiger partial charge < -0.3 is 10.6 Å². The highest BCUT2D eigenvalue weighted by Crippen LogP contribution is 2.35. The zero-order valence-corrected chi connectivity index (χ0v) is 13.9. The fraction of sp³-hybridized carbons (Fsp3) is 0.438. The lowest BCUT2D eigenvalue weighted by Crippen LogP contribution is -2.37. The molecule has 3 rings (SSSR count). The predicted molar refractivity (Wildman–Crippen MR) is 94.2 cm³/mol. The van der Waals surface area contributed by atoms with E-state index < -0.39 is 0 Å². The van der Waals surface area contributed by atoms with E-state index >= 15 is 0 Å². The van der Waals surface area contributed by atoms with Gasteiger partial charge in [-0.05, 0) is 6.42 Å². The topological polar surface area (TPSA) is 42.2 Å². The smallest absolute Gasteiger partial charge is 0.186 e. The molecule has 1 fully saturated rings. The number of aromatic nitrogens is 1. The number of hydrogen-bond donors (Lipinski definition) is 1. The highest BCUT2D eigenvalue weighted by atomic mass is 32.2. The molecular formula is C16H21N3S2. The number of nitrogens with two attached hydrogens (primary N) is 1. The van der Waals surface area contributed by atoms with Crippen molar-refractivity contribution >= 4 is 28.2 Å². The summed E-state index contributed by atoms with van der Waals surface area (Å²) in [6.07, 6.45) is 1.22. The van der Waals surface area contributed by atoms with E-state index in [9.17, 15) is 0 Å². The van der Waals surface area contributed by atoms with Crippen LogP contribution in [-0.2, 0) is 6.54 Å². The molecule has 0 aliphatic carbocycles. The number of anilines is 1. The summed E-state index contributed by atoms with van der Waals surface area (Å²) in [4.78, 5) is 8.51. The van der Waals surface area contributed by atoms with Crippen molar-refractivity contribution < 1.29 is 0 Å². The second kappa shape index (κ2) is 6.81. The molecule has 2 heterocycles. The van der Waals surface area contributed by atoms with Crippen LogP contribution in [0.15, 0.2) is 30.3 Å². The van der Waals surface area contributed by atoms with Crippen molar-refractivity contribution in [1.82, 2.24) is 4.98 Å². The Labute approximate surface area is 134 Å². The molecule has 3 nitrogen and oxygen atoms in total. The third kappa shape index (κ3) is 3.25. The summed E-state index contributed by atoms with van der Waals surface area (Å²) in [5, 5.41) is 1.86. The van der Waals surface area contributed by atoms with E-state index in [1.165, 1.54) is 22.6 Å².